The first-order valence-corrected chi connectivity index (χ1v) is 10.3. The van der Waals surface area contributed by atoms with Crippen LogP contribution < -0.4 is 14.8 Å². The number of nitrogens with one attached hydrogen (secondary N) is 1. The normalized spacial score (nSPS) is 20.7. The third kappa shape index (κ3) is 3.30. The largest absolute Gasteiger partial charge is 0.486 e. The summed E-state index contributed by atoms with van der Waals surface area (Å²) in [5.41, 5.74) is 0.0286. The molecule has 0 bridgehead atoms. The van der Waals surface area contributed by atoms with Gasteiger partial charge < -0.3 is 19.7 Å². The summed E-state index contributed by atoms with van der Waals surface area (Å²) in [6.45, 7) is 5.23. The van der Waals surface area contributed by atoms with Crippen molar-refractivity contribution < 1.29 is 23.9 Å². The van der Waals surface area contributed by atoms with Gasteiger partial charge in [0.25, 0.3) is 5.91 Å². The third-order valence-electron chi connectivity index (χ3n) is 6.10. The summed E-state index contributed by atoms with van der Waals surface area (Å²) in [7, 11) is 0. The van der Waals surface area contributed by atoms with Crippen molar-refractivity contribution >= 4 is 17.8 Å². The number of carbonyl (C=O) groups is 3. The smallest absolute Gasteiger partial charge is 0.325 e. The summed E-state index contributed by atoms with van der Waals surface area (Å²) >= 11 is 0. The highest BCUT2D eigenvalue weighted by Crippen LogP contribution is 2.37. The Hall–Kier alpha value is -2.77. The van der Waals surface area contributed by atoms with Gasteiger partial charge in [-0.15, -0.1) is 0 Å². The number of carbonyl (C=O) groups excluding carboxylic acids is 3. The first-order chi connectivity index (χ1) is 14.0. The summed E-state index contributed by atoms with van der Waals surface area (Å²) in [4.78, 5) is 41.5. The predicted molar refractivity (Wildman–Crippen MR) is 105 cm³/mol. The predicted octanol–water partition coefficient (Wildman–Crippen LogP) is 2.06. The Kier molecular flexibility index (Phi) is 5.10. The Balaban J connectivity index is 1.52. The molecule has 29 heavy (non-hydrogen) atoms. The molecule has 1 aliphatic carbocycles. The van der Waals surface area contributed by atoms with Crippen LogP contribution in [0.2, 0.25) is 0 Å². The number of fused-ring (bicyclic) bond motifs is 1. The molecule has 1 saturated heterocycles. The van der Waals surface area contributed by atoms with Crippen LogP contribution in [0.15, 0.2) is 18.2 Å². The maximum absolute atomic E-state index is 13.2. The molecular formula is C21H27N3O5. The lowest BCUT2D eigenvalue weighted by Crippen LogP contribution is -2.50. The van der Waals surface area contributed by atoms with Crippen molar-refractivity contribution in [3.63, 3.8) is 0 Å². The van der Waals surface area contributed by atoms with Crippen LogP contribution in [0.5, 0.6) is 11.5 Å². The second kappa shape index (κ2) is 7.57. The molecule has 1 unspecified atom stereocenters. The number of urea groups is 1. The van der Waals surface area contributed by atoms with Crippen LogP contribution in [0.25, 0.3) is 0 Å². The summed E-state index contributed by atoms with van der Waals surface area (Å²) in [5.74, 6) is 0.784. The van der Waals surface area contributed by atoms with E-state index in [1.807, 2.05) is 25.1 Å². The molecule has 1 aromatic carbocycles. The molecule has 8 nitrogen and oxygen atoms in total. The molecule has 2 heterocycles. The van der Waals surface area contributed by atoms with Crippen molar-refractivity contribution in [1.82, 2.24) is 15.1 Å². The second-order valence-electron chi connectivity index (χ2n) is 7.86. The van der Waals surface area contributed by atoms with Crippen molar-refractivity contribution in [3.05, 3.63) is 23.8 Å². The van der Waals surface area contributed by atoms with E-state index in [1.165, 1.54) is 0 Å². The Labute approximate surface area is 170 Å². The van der Waals surface area contributed by atoms with Crippen LogP contribution >= 0.6 is 0 Å². The van der Waals surface area contributed by atoms with Gasteiger partial charge >= 0.3 is 6.03 Å². The molecule has 3 aliphatic rings. The molecule has 4 amide bonds. The first-order valence-electron chi connectivity index (χ1n) is 10.3. The van der Waals surface area contributed by atoms with E-state index >= 15 is 0 Å². The zero-order valence-electron chi connectivity index (χ0n) is 16.9. The van der Waals surface area contributed by atoms with Crippen LogP contribution in [0.4, 0.5) is 4.79 Å². The minimum absolute atomic E-state index is 0.264. The van der Waals surface area contributed by atoms with Gasteiger partial charge in [-0.25, -0.2) is 9.69 Å². The fraction of sp³-hybridized carbons (Fsp3) is 0.571. The quantitative estimate of drug-likeness (QED) is 0.763. The zero-order valence-corrected chi connectivity index (χ0v) is 16.9. The minimum atomic E-state index is -0.862. The number of imide groups is 1. The highest BCUT2D eigenvalue weighted by Gasteiger charge is 2.54. The number of benzene rings is 1. The van der Waals surface area contributed by atoms with Gasteiger partial charge in [0, 0.05) is 18.7 Å². The number of hydrogen-bond donors (Lipinski definition) is 1. The fourth-order valence-electron chi connectivity index (χ4n) is 4.49. The summed E-state index contributed by atoms with van der Waals surface area (Å²) < 4.78 is 11.4. The Morgan fingerprint density at radius 2 is 1.97 bits per heavy atom. The van der Waals surface area contributed by atoms with E-state index in [-0.39, 0.29) is 11.8 Å². The van der Waals surface area contributed by atoms with Gasteiger partial charge in [-0.1, -0.05) is 25.0 Å². The molecule has 0 radical (unpaired) electrons. The number of likely N-dealkylation sites (N-methyl/N-ethyl adjacent to an activating group) is 1. The Morgan fingerprint density at radius 1 is 1.24 bits per heavy atom. The van der Waals surface area contributed by atoms with Crippen molar-refractivity contribution in [2.45, 2.75) is 57.7 Å². The van der Waals surface area contributed by atoms with Gasteiger partial charge in [-0.3, -0.25) is 9.59 Å². The Bertz CT molecular complexity index is 834. The maximum Gasteiger partial charge on any atom is 0.325 e. The van der Waals surface area contributed by atoms with E-state index in [0.29, 0.717) is 50.6 Å². The van der Waals surface area contributed by atoms with Crippen molar-refractivity contribution in [3.8, 4) is 11.5 Å². The Morgan fingerprint density at radius 3 is 2.69 bits per heavy atom. The molecule has 1 saturated carbocycles. The number of ether oxygens (including phenoxy) is 2. The van der Waals surface area contributed by atoms with E-state index in [1.54, 1.807) is 11.8 Å². The zero-order chi connectivity index (χ0) is 20.6. The lowest BCUT2D eigenvalue weighted by atomic mass is 9.97. The standard InChI is InChI=1S/C21H27N3O5/c1-3-23(13-15-7-6-8-16-17(15)29-12-11-28-16)18(25)14(2)24-19(26)21(22-20(24)27)9-4-5-10-21/h6-8,14H,3-5,9-13H2,1-2H3,(H,22,27). The van der Waals surface area contributed by atoms with Crippen LogP contribution in [0.3, 0.4) is 0 Å². The first kappa shape index (κ1) is 19.5. The topological polar surface area (TPSA) is 88.2 Å². The van der Waals surface area contributed by atoms with Crippen LogP contribution in [-0.4, -0.2) is 59.0 Å². The lowest BCUT2D eigenvalue weighted by molar-refractivity contribution is -0.143. The molecule has 1 N–H and O–H groups in total. The molecule has 1 spiro atoms. The summed E-state index contributed by atoms with van der Waals surface area (Å²) in [6, 6.07) is 4.27. The van der Waals surface area contributed by atoms with Crippen molar-refractivity contribution in [2.75, 3.05) is 19.8 Å². The average Bonchev–Trinajstić information content (AvgIpc) is 3.30. The number of hydrogen-bond acceptors (Lipinski definition) is 5. The average molecular weight is 401 g/mol. The molecule has 156 valence electrons. The van der Waals surface area contributed by atoms with E-state index in [4.69, 9.17) is 9.47 Å². The monoisotopic (exact) mass is 401 g/mol. The molecule has 1 aromatic rings. The minimum Gasteiger partial charge on any atom is -0.486 e. The maximum atomic E-state index is 13.2. The highest BCUT2D eigenvalue weighted by molar-refractivity contribution is 6.09. The highest BCUT2D eigenvalue weighted by atomic mass is 16.6. The van der Waals surface area contributed by atoms with E-state index in [2.05, 4.69) is 5.32 Å². The summed E-state index contributed by atoms with van der Waals surface area (Å²) in [6.07, 6.45) is 3.09. The molecule has 1 atom stereocenters. The lowest BCUT2D eigenvalue weighted by Gasteiger charge is -2.30. The number of rotatable bonds is 5. The molecule has 0 aromatic heterocycles. The van der Waals surface area contributed by atoms with E-state index in [0.717, 1.165) is 23.3 Å². The molecule has 8 heteroatoms. The van der Waals surface area contributed by atoms with Crippen molar-refractivity contribution in [2.24, 2.45) is 0 Å². The van der Waals surface area contributed by atoms with Gasteiger partial charge in [-0.05, 0) is 32.8 Å². The molecule has 2 fully saturated rings. The third-order valence-corrected chi connectivity index (χ3v) is 6.10. The van der Waals surface area contributed by atoms with Crippen molar-refractivity contribution in [1.29, 1.82) is 0 Å². The van der Waals surface area contributed by atoms with Gasteiger partial charge in [0.2, 0.25) is 5.91 Å². The summed E-state index contributed by atoms with van der Waals surface area (Å²) in [5, 5.41) is 2.84. The van der Waals surface area contributed by atoms with Crippen LogP contribution in [0.1, 0.15) is 45.1 Å². The van der Waals surface area contributed by atoms with Crippen LogP contribution in [-0.2, 0) is 16.1 Å². The number of amides is 4. The van der Waals surface area contributed by atoms with Gasteiger partial charge in [-0.2, -0.15) is 0 Å². The molecule has 2 aliphatic heterocycles. The molecule has 4 rings (SSSR count). The SMILES string of the molecule is CCN(Cc1cccc2c1OCCO2)C(=O)C(C)N1C(=O)NC2(CCCC2)C1=O. The number of nitrogens with zero attached hydrogens (tertiary/aromatic N) is 2. The van der Waals surface area contributed by atoms with Crippen LogP contribution in [0, 0.1) is 0 Å². The second-order valence-corrected chi connectivity index (χ2v) is 7.86. The van der Waals surface area contributed by atoms with E-state index in [9.17, 15) is 14.4 Å². The van der Waals surface area contributed by atoms with Gasteiger partial charge in [0.1, 0.15) is 24.8 Å². The van der Waals surface area contributed by atoms with E-state index < -0.39 is 17.6 Å². The van der Waals surface area contributed by atoms with Gasteiger partial charge in [0.05, 0.1) is 0 Å². The fourth-order valence-corrected chi connectivity index (χ4v) is 4.49. The molecular weight excluding hydrogens is 374 g/mol. The van der Waals surface area contributed by atoms with Gasteiger partial charge in [0.15, 0.2) is 11.5 Å². The number of para-hydroxylation sites is 1.